The highest BCUT2D eigenvalue weighted by atomic mass is 19.1. The number of aromatic nitrogens is 2. The van der Waals surface area contributed by atoms with E-state index in [1.807, 2.05) is 0 Å². The van der Waals surface area contributed by atoms with Crippen molar-refractivity contribution in [1.29, 1.82) is 0 Å². The average molecular weight is 294 g/mol. The molecule has 0 unspecified atom stereocenters. The fourth-order valence-electron chi connectivity index (χ4n) is 1.99. The Balaban J connectivity index is 2.08. The first-order valence-electron chi connectivity index (χ1n) is 6.66. The number of hydrogen-bond donors (Lipinski definition) is 0. The molecule has 0 radical (unpaired) electrons. The lowest BCUT2D eigenvalue weighted by molar-refractivity contribution is 0.0518. The molecule has 2 aromatic rings. The highest BCUT2D eigenvalue weighted by Gasteiger charge is 2.13. The third kappa shape index (κ3) is 3.65. The lowest BCUT2D eigenvalue weighted by Gasteiger charge is -2.05. The monoisotopic (exact) mass is 294 g/mol. The van der Waals surface area contributed by atoms with Crippen LogP contribution in [0.5, 0.6) is 0 Å². The zero-order valence-corrected chi connectivity index (χ0v) is 11.9. The summed E-state index contributed by atoms with van der Waals surface area (Å²) in [4.78, 5) is 11.6. The highest BCUT2D eigenvalue weighted by Crippen LogP contribution is 2.12. The van der Waals surface area contributed by atoms with Gasteiger partial charge in [0.1, 0.15) is 11.6 Å². The van der Waals surface area contributed by atoms with Crippen LogP contribution in [0.1, 0.15) is 28.7 Å². The Morgan fingerprint density at radius 2 is 2.10 bits per heavy atom. The van der Waals surface area contributed by atoms with Gasteiger partial charge in [-0.1, -0.05) is 6.07 Å². The number of rotatable bonds is 5. The molecule has 1 aromatic heterocycles. The van der Waals surface area contributed by atoms with Crippen LogP contribution in [0.3, 0.4) is 0 Å². The Morgan fingerprint density at radius 3 is 2.76 bits per heavy atom. The molecule has 0 atom stereocenters. The fraction of sp³-hybridized carbons (Fsp3) is 0.333. The van der Waals surface area contributed by atoms with Crippen molar-refractivity contribution in [2.24, 2.45) is 0 Å². The van der Waals surface area contributed by atoms with Gasteiger partial charge in [-0.15, -0.1) is 0 Å². The minimum atomic E-state index is -0.601. The minimum Gasteiger partial charge on any atom is -0.461 e. The quantitative estimate of drug-likeness (QED) is 0.796. The lowest BCUT2D eigenvalue weighted by Crippen LogP contribution is -2.09. The maximum Gasteiger partial charge on any atom is 0.358 e. The van der Waals surface area contributed by atoms with Crippen molar-refractivity contribution in [3.05, 3.63) is 52.9 Å². The van der Waals surface area contributed by atoms with Crippen LogP contribution in [0.25, 0.3) is 0 Å². The van der Waals surface area contributed by atoms with Crippen molar-refractivity contribution >= 4 is 5.97 Å². The topological polar surface area (TPSA) is 44.1 Å². The molecule has 112 valence electrons. The maximum atomic E-state index is 13.5. The third-order valence-corrected chi connectivity index (χ3v) is 3.07. The number of esters is 1. The van der Waals surface area contributed by atoms with Crippen LogP contribution in [0.15, 0.2) is 24.3 Å². The van der Waals surface area contributed by atoms with E-state index in [-0.39, 0.29) is 12.3 Å². The van der Waals surface area contributed by atoms with Gasteiger partial charge in [0.15, 0.2) is 5.69 Å². The molecule has 0 saturated carbocycles. The van der Waals surface area contributed by atoms with Crippen molar-refractivity contribution in [3.63, 3.8) is 0 Å². The molecule has 0 spiro atoms. The molecule has 0 amide bonds. The number of carbonyl (C=O) groups is 1. The van der Waals surface area contributed by atoms with Crippen LogP contribution in [0.2, 0.25) is 0 Å². The molecule has 0 saturated heterocycles. The van der Waals surface area contributed by atoms with Crippen molar-refractivity contribution in [2.75, 3.05) is 6.61 Å². The molecule has 0 aliphatic carbocycles. The third-order valence-electron chi connectivity index (χ3n) is 3.07. The summed E-state index contributed by atoms with van der Waals surface area (Å²) in [6, 6.07) is 5.11. The summed E-state index contributed by atoms with van der Waals surface area (Å²) in [6.45, 7) is 4.20. The Hall–Kier alpha value is -2.24. The van der Waals surface area contributed by atoms with Gasteiger partial charge in [-0.25, -0.2) is 13.6 Å². The summed E-state index contributed by atoms with van der Waals surface area (Å²) in [5.74, 6) is -1.66. The lowest BCUT2D eigenvalue weighted by atomic mass is 10.1. The van der Waals surface area contributed by atoms with E-state index in [2.05, 4.69) is 5.10 Å². The molecule has 21 heavy (non-hydrogen) atoms. The highest BCUT2D eigenvalue weighted by molar-refractivity contribution is 5.87. The predicted octanol–water partition coefficient (Wildman–Crippen LogP) is 2.89. The Bertz CT molecular complexity index is 653. The summed E-state index contributed by atoms with van der Waals surface area (Å²) < 4.78 is 32.9. The Kier molecular flexibility index (Phi) is 4.67. The first-order valence-corrected chi connectivity index (χ1v) is 6.66. The molecule has 0 aliphatic heterocycles. The minimum absolute atomic E-state index is 0.230. The van der Waals surface area contributed by atoms with Crippen molar-refractivity contribution in [3.8, 4) is 0 Å². The molecular formula is C15H16F2N2O2. The second-order valence-electron chi connectivity index (χ2n) is 4.60. The van der Waals surface area contributed by atoms with Gasteiger partial charge >= 0.3 is 5.97 Å². The average Bonchev–Trinajstić information content (AvgIpc) is 2.80. The number of aryl methyl sites for hydroxylation is 3. The smallest absolute Gasteiger partial charge is 0.358 e. The second kappa shape index (κ2) is 6.47. The van der Waals surface area contributed by atoms with E-state index in [9.17, 15) is 13.6 Å². The number of ether oxygens (including phenoxy) is 1. The number of carbonyl (C=O) groups excluding carboxylic acids is 1. The summed E-state index contributed by atoms with van der Waals surface area (Å²) in [7, 11) is 0. The molecule has 6 heteroatoms. The molecule has 1 heterocycles. The maximum absolute atomic E-state index is 13.5. The van der Waals surface area contributed by atoms with Crippen LogP contribution in [-0.2, 0) is 17.7 Å². The number of nitrogens with zero attached hydrogens (tertiary/aromatic N) is 2. The van der Waals surface area contributed by atoms with Gasteiger partial charge < -0.3 is 4.74 Å². The van der Waals surface area contributed by atoms with E-state index in [4.69, 9.17) is 4.74 Å². The van der Waals surface area contributed by atoms with E-state index >= 15 is 0 Å². The number of benzene rings is 1. The van der Waals surface area contributed by atoms with Crippen molar-refractivity contribution in [2.45, 2.75) is 26.8 Å². The standard InChI is InChI=1S/C15H16F2N2O2/c1-3-21-15(20)14-8-10(2)19(18-14)7-6-11-4-5-12(16)9-13(11)17/h4-5,8-9H,3,6-7H2,1-2H3. The van der Waals surface area contributed by atoms with E-state index < -0.39 is 17.6 Å². The van der Waals surface area contributed by atoms with E-state index in [0.29, 0.717) is 18.5 Å². The summed E-state index contributed by atoms with van der Waals surface area (Å²) in [6.07, 6.45) is 0.358. The van der Waals surface area contributed by atoms with E-state index in [1.165, 1.54) is 12.1 Å². The van der Waals surface area contributed by atoms with E-state index in [1.54, 1.807) is 24.6 Å². The zero-order valence-electron chi connectivity index (χ0n) is 11.9. The molecule has 0 aliphatic rings. The van der Waals surface area contributed by atoms with Gasteiger partial charge in [-0.3, -0.25) is 4.68 Å². The predicted molar refractivity (Wildman–Crippen MR) is 73.0 cm³/mol. The number of hydrogen-bond acceptors (Lipinski definition) is 3. The normalized spacial score (nSPS) is 10.7. The van der Waals surface area contributed by atoms with Gasteiger partial charge in [-0.2, -0.15) is 5.10 Å². The molecule has 0 bridgehead atoms. The molecule has 1 aromatic carbocycles. The summed E-state index contributed by atoms with van der Waals surface area (Å²) in [5, 5.41) is 4.14. The van der Waals surface area contributed by atoms with E-state index in [0.717, 1.165) is 11.8 Å². The molecular weight excluding hydrogens is 278 g/mol. The van der Waals surface area contributed by atoms with Crippen molar-refractivity contribution in [1.82, 2.24) is 9.78 Å². The van der Waals surface area contributed by atoms with Crippen LogP contribution in [0.4, 0.5) is 8.78 Å². The summed E-state index contributed by atoms with van der Waals surface area (Å²) >= 11 is 0. The van der Waals surface area contributed by atoms with Gasteiger partial charge in [0.2, 0.25) is 0 Å². The van der Waals surface area contributed by atoms with Gasteiger partial charge in [0.25, 0.3) is 0 Å². The molecule has 2 rings (SSSR count). The first kappa shape index (κ1) is 15.2. The van der Waals surface area contributed by atoms with Gasteiger partial charge in [0.05, 0.1) is 6.61 Å². The Labute approximate surface area is 121 Å². The Morgan fingerprint density at radius 1 is 1.33 bits per heavy atom. The van der Waals surface area contributed by atoms with Gasteiger partial charge in [0, 0.05) is 18.3 Å². The van der Waals surface area contributed by atoms with Crippen LogP contribution < -0.4 is 0 Å². The van der Waals surface area contributed by atoms with Crippen molar-refractivity contribution < 1.29 is 18.3 Å². The molecule has 4 nitrogen and oxygen atoms in total. The molecule has 0 N–H and O–H groups in total. The molecule has 0 fully saturated rings. The first-order chi connectivity index (χ1) is 10.0. The summed E-state index contributed by atoms with van der Waals surface area (Å²) in [5.41, 5.74) is 1.42. The zero-order chi connectivity index (χ0) is 15.4. The fourth-order valence-corrected chi connectivity index (χ4v) is 1.99. The largest absolute Gasteiger partial charge is 0.461 e. The van der Waals surface area contributed by atoms with Crippen LogP contribution in [0, 0.1) is 18.6 Å². The SMILES string of the molecule is CCOC(=O)c1cc(C)n(CCc2ccc(F)cc2F)n1. The van der Waals surface area contributed by atoms with Crippen LogP contribution in [-0.4, -0.2) is 22.4 Å². The second-order valence-corrected chi connectivity index (χ2v) is 4.60. The van der Waals surface area contributed by atoms with Gasteiger partial charge in [-0.05, 0) is 38.0 Å². The number of halogens is 2. The van der Waals surface area contributed by atoms with Crippen LogP contribution >= 0.6 is 0 Å².